The largest absolute Gasteiger partial charge is 0.310 e. The first-order valence-corrected chi connectivity index (χ1v) is 6.65. The van der Waals surface area contributed by atoms with E-state index in [2.05, 4.69) is 12.2 Å². The Labute approximate surface area is 103 Å². The molecule has 94 valence electrons. The van der Waals surface area contributed by atoms with Gasteiger partial charge in [0.15, 0.2) is 0 Å². The first kappa shape index (κ1) is 12.6. The lowest BCUT2D eigenvalue weighted by Gasteiger charge is -2.20. The lowest BCUT2D eigenvalue weighted by Crippen LogP contribution is -2.31. The van der Waals surface area contributed by atoms with Crippen molar-refractivity contribution >= 4 is 0 Å². The van der Waals surface area contributed by atoms with E-state index in [1.54, 1.807) is 13.0 Å². The van der Waals surface area contributed by atoms with Gasteiger partial charge in [-0.2, -0.15) is 0 Å². The van der Waals surface area contributed by atoms with Gasteiger partial charge in [0, 0.05) is 12.6 Å². The van der Waals surface area contributed by atoms with Crippen molar-refractivity contribution < 1.29 is 4.39 Å². The molecular weight excluding hydrogens is 213 g/mol. The molecule has 1 aliphatic rings. The Morgan fingerprint density at radius 2 is 2.06 bits per heavy atom. The fourth-order valence-corrected chi connectivity index (χ4v) is 2.65. The summed E-state index contributed by atoms with van der Waals surface area (Å²) in [6, 6.07) is 6.05. The molecule has 0 bridgehead atoms. The Morgan fingerprint density at radius 1 is 1.35 bits per heavy atom. The first-order chi connectivity index (χ1) is 8.16. The van der Waals surface area contributed by atoms with Gasteiger partial charge in [0.05, 0.1) is 0 Å². The number of hydrogen-bond acceptors (Lipinski definition) is 1. The minimum Gasteiger partial charge on any atom is -0.310 e. The van der Waals surface area contributed by atoms with Crippen LogP contribution >= 0.6 is 0 Å². The van der Waals surface area contributed by atoms with Gasteiger partial charge in [0.1, 0.15) is 5.82 Å². The molecule has 1 aliphatic carbocycles. The third-order valence-corrected chi connectivity index (χ3v) is 3.97. The summed E-state index contributed by atoms with van der Waals surface area (Å²) in [6.45, 7) is 4.82. The van der Waals surface area contributed by atoms with Crippen molar-refractivity contribution in [1.82, 2.24) is 5.32 Å². The highest BCUT2D eigenvalue weighted by atomic mass is 19.1. The summed E-state index contributed by atoms with van der Waals surface area (Å²) in [5, 5.41) is 3.52. The number of halogens is 1. The molecule has 0 saturated heterocycles. The molecule has 0 spiro atoms. The van der Waals surface area contributed by atoms with Crippen LogP contribution in [0.15, 0.2) is 18.2 Å². The molecule has 1 nitrogen and oxygen atoms in total. The van der Waals surface area contributed by atoms with Crippen LogP contribution in [0.1, 0.15) is 43.7 Å². The second kappa shape index (κ2) is 5.63. The van der Waals surface area contributed by atoms with Gasteiger partial charge in [0.25, 0.3) is 0 Å². The molecule has 0 unspecified atom stereocenters. The highest BCUT2D eigenvalue weighted by Crippen LogP contribution is 2.27. The Balaban J connectivity index is 1.86. The molecule has 17 heavy (non-hydrogen) atoms. The predicted molar refractivity (Wildman–Crippen MR) is 69.4 cm³/mol. The quantitative estimate of drug-likeness (QED) is 0.837. The molecule has 1 aromatic rings. The third-order valence-electron chi connectivity index (χ3n) is 3.97. The first-order valence-electron chi connectivity index (χ1n) is 6.65. The zero-order valence-electron chi connectivity index (χ0n) is 10.8. The van der Waals surface area contributed by atoms with Crippen molar-refractivity contribution in [2.24, 2.45) is 5.92 Å². The molecule has 2 heteroatoms. The maximum Gasteiger partial charge on any atom is 0.126 e. The Kier molecular flexibility index (Phi) is 4.16. The third kappa shape index (κ3) is 3.29. The Hall–Kier alpha value is -0.890. The van der Waals surface area contributed by atoms with E-state index >= 15 is 0 Å². The average molecular weight is 235 g/mol. The molecule has 0 amide bonds. The van der Waals surface area contributed by atoms with Gasteiger partial charge in [-0.25, -0.2) is 4.39 Å². The second-order valence-corrected chi connectivity index (χ2v) is 5.30. The lowest BCUT2D eigenvalue weighted by atomic mass is 9.99. The molecule has 0 aliphatic heterocycles. The fourth-order valence-electron chi connectivity index (χ4n) is 2.65. The standard InChI is InChI=1S/C15H22FN/c1-11-7-8-13(9-15(11)16)10-17-12(2)14-5-3-4-6-14/h7-9,12,14,17H,3-6,10H2,1-2H3/t12-/m1/s1. The van der Waals surface area contributed by atoms with E-state index in [4.69, 9.17) is 0 Å². The molecule has 1 N–H and O–H groups in total. The maximum atomic E-state index is 13.4. The summed E-state index contributed by atoms with van der Waals surface area (Å²) in [5.41, 5.74) is 1.76. The molecule has 1 aromatic carbocycles. The van der Waals surface area contributed by atoms with Gasteiger partial charge in [-0.3, -0.25) is 0 Å². The van der Waals surface area contributed by atoms with Gasteiger partial charge < -0.3 is 5.32 Å². The van der Waals surface area contributed by atoms with Gasteiger partial charge in [-0.05, 0) is 49.8 Å². The van der Waals surface area contributed by atoms with Crippen LogP contribution in [0.5, 0.6) is 0 Å². The summed E-state index contributed by atoms with van der Waals surface area (Å²) in [6.07, 6.45) is 5.43. The van der Waals surface area contributed by atoms with E-state index in [0.717, 1.165) is 23.6 Å². The van der Waals surface area contributed by atoms with Gasteiger partial charge in [0.2, 0.25) is 0 Å². The summed E-state index contributed by atoms with van der Waals surface area (Å²) < 4.78 is 13.4. The van der Waals surface area contributed by atoms with E-state index in [-0.39, 0.29) is 5.82 Å². The zero-order valence-corrected chi connectivity index (χ0v) is 10.8. The number of rotatable bonds is 4. The van der Waals surface area contributed by atoms with Crippen LogP contribution in [0.2, 0.25) is 0 Å². The van der Waals surface area contributed by atoms with E-state index < -0.39 is 0 Å². The molecule has 1 atom stereocenters. The highest BCUT2D eigenvalue weighted by Gasteiger charge is 2.20. The van der Waals surface area contributed by atoms with Crippen LogP contribution in [-0.4, -0.2) is 6.04 Å². The van der Waals surface area contributed by atoms with Crippen molar-refractivity contribution in [2.45, 2.75) is 52.1 Å². The summed E-state index contributed by atoms with van der Waals surface area (Å²) in [7, 11) is 0. The smallest absolute Gasteiger partial charge is 0.126 e. The van der Waals surface area contributed by atoms with Crippen LogP contribution in [-0.2, 0) is 6.54 Å². The SMILES string of the molecule is Cc1ccc(CN[C@H](C)C2CCCC2)cc1F. The van der Waals surface area contributed by atoms with E-state index in [1.165, 1.54) is 25.7 Å². The highest BCUT2D eigenvalue weighted by molar-refractivity contribution is 5.23. The zero-order chi connectivity index (χ0) is 12.3. The number of benzene rings is 1. The Morgan fingerprint density at radius 3 is 2.71 bits per heavy atom. The van der Waals surface area contributed by atoms with Crippen LogP contribution in [0.4, 0.5) is 4.39 Å². The molecular formula is C15H22FN. The van der Waals surface area contributed by atoms with Gasteiger partial charge >= 0.3 is 0 Å². The van der Waals surface area contributed by atoms with Crippen molar-refractivity contribution in [3.8, 4) is 0 Å². The van der Waals surface area contributed by atoms with Crippen molar-refractivity contribution in [1.29, 1.82) is 0 Å². The summed E-state index contributed by atoms with van der Waals surface area (Å²) in [4.78, 5) is 0. The van der Waals surface area contributed by atoms with Crippen molar-refractivity contribution in [2.75, 3.05) is 0 Å². The Bertz CT molecular complexity index is 369. The predicted octanol–water partition coefficient (Wildman–Crippen LogP) is 3.80. The molecule has 1 fully saturated rings. The molecule has 0 radical (unpaired) electrons. The van der Waals surface area contributed by atoms with Crippen LogP contribution < -0.4 is 5.32 Å². The van der Waals surface area contributed by atoms with Crippen LogP contribution in [0, 0.1) is 18.7 Å². The summed E-state index contributed by atoms with van der Waals surface area (Å²) in [5.74, 6) is 0.711. The van der Waals surface area contributed by atoms with E-state index in [1.807, 2.05) is 12.1 Å². The fraction of sp³-hybridized carbons (Fsp3) is 0.600. The molecule has 2 rings (SSSR count). The normalized spacial score (nSPS) is 18.5. The molecule has 1 saturated carbocycles. The topological polar surface area (TPSA) is 12.0 Å². The van der Waals surface area contributed by atoms with Crippen molar-refractivity contribution in [3.05, 3.63) is 35.1 Å². The second-order valence-electron chi connectivity index (χ2n) is 5.30. The summed E-state index contributed by atoms with van der Waals surface area (Å²) >= 11 is 0. The van der Waals surface area contributed by atoms with Gasteiger partial charge in [-0.1, -0.05) is 25.0 Å². The van der Waals surface area contributed by atoms with Crippen LogP contribution in [0.3, 0.4) is 0 Å². The number of hydrogen-bond donors (Lipinski definition) is 1. The lowest BCUT2D eigenvalue weighted by molar-refractivity contribution is 0.380. The molecule has 0 heterocycles. The monoisotopic (exact) mass is 235 g/mol. The van der Waals surface area contributed by atoms with E-state index in [9.17, 15) is 4.39 Å². The van der Waals surface area contributed by atoms with Crippen molar-refractivity contribution in [3.63, 3.8) is 0 Å². The minimum absolute atomic E-state index is 0.0992. The van der Waals surface area contributed by atoms with Crippen LogP contribution in [0.25, 0.3) is 0 Å². The number of aryl methyl sites for hydroxylation is 1. The van der Waals surface area contributed by atoms with Gasteiger partial charge in [-0.15, -0.1) is 0 Å². The molecule has 0 aromatic heterocycles. The maximum absolute atomic E-state index is 13.4. The minimum atomic E-state index is -0.0992. The average Bonchev–Trinajstić information content (AvgIpc) is 2.84. The number of nitrogens with one attached hydrogen (secondary N) is 1. The van der Waals surface area contributed by atoms with E-state index in [0.29, 0.717) is 6.04 Å².